The largest absolute Gasteiger partial charge is 0.472 e. The second-order valence-corrected chi connectivity index (χ2v) is 29.5. The van der Waals surface area contributed by atoms with Crippen LogP contribution in [0.25, 0.3) is 0 Å². The first-order chi connectivity index (χ1) is 50.7. The minimum Gasteiger partial charge on any atom is -0.462 e. The summed E-state index contributed by atoms with van der Waals surface area (Å²) in [4.78, 5) is 73.0. The Labute approximate surface area is 631 Å². The lowest BCUT2D eigenvalue weighted by molar-refractivity contribution is -0.161. The third-order valence-electron chi connectivity index (χ3n) is 16.6. The zero-order valence-electron chi connectivity index (χ0n) is 65.2. The Bertz CT molecular complexity index is 2490. The van der Waals surface area contributed by atoms with E-state index >= 15 is 0 Å². The van der Waals surface area contributed by atoms with Crippen molar-refractivity contribution < 1.29 is 80.2 Å². The Morgan fingerprint density at radius 1 is 0.269 bits per heavy atom. The zero-order valence-corrected chi connectivity index (χ0v) is 66.9. The average Bonchev–Trinajstić information content (AvgIpc) is 0.943. The molecule has 0 saturated carbocycles. The van der Waals surface area contributed by atoms with Gasteiger partial charge in [0, 0.05) is 25.7 Å². The number of allylic oxidation sites excluding steroid dienone is 22. The minimum atomic E-state index is -5.01. The number of esters is 4. The monoisotopic (exact) mass is 1500 g/mol. The smallest absolute Gasteiger partial charge is 0.462 e. The molecule has 0 bridgehead atoms. The highest BCUT2D eigenvalue weighted by molar-refractivity contribution is 7.47. The molecule has 3 N–H and O–H groups in total. The van der Waals surface area contributed by atoms with Crippen molar-refractivity contribution in [2.24, 2.45) is 0 Å². The van der Waals surface area contributed by atoms with Crippen LogP contribution in [0, 0.1) is 0 Å². The summed E-state index contributed by atoms with van der Waals surface area (Å²) in [5, 5.41) is 10.6. The maximum atomic E-state index is 13.1. The number of unbranched alkanes of at least 4 members (excludes halogenated alkanes) is 27. The summed E-state index contributed by atoms with van der Waals surface area (Å²) in [7, 11) is -10.00. The second-order valence-electron chi connectivity index (χ2n) is 26.6. The van der Waals surface area contributed by atoms with E-state index in [2.05, 4.69) is 143 Å². The van der Waals surface area contributed by atoms with Gasteiger partial charge in [-0.3, -0.25) is 37.3 Å². The molecule has 0 rings (SSSR count). The summed E-state index contributed by atoms with van der Waals surface area (Å²) in [5.74, 6) is -2.32. The number of aliphatic hydroxyl groups excluding tert-OH is 1. The normalized spacial score (nSPS) is 14.6. The van der Waals surface area contributed by atoms with Crippen molar-refractivity contribution >= 4 is 39.5 Å². The average molecular weight is 1500 g/mol. The molecule has 2 unspecified atom stereocenters. The second kappa shape index (κ2) is 76.4. The SMILES string of the molecule is CCCCC/C=C\C/C=C\C/C=C\C/C=C\C/C=C\CCC(=O)O[C@H](COC(=O)CCCCCCC/C=C\C/C=C\CCCCC)COP(=O)(O)OC[C@@H](O)COP(=O)(O)OC[C@@H](COC(=O)CCCCCCC/C=C\C/C=C\CCCCC)OC(=O)CCCCCCC/C=C\C/C=C\CCCCC. The molecule has 5 atom stereocenters. The van der Waals surface area contributed by atoms with Crippen molar-refractivity contribution in [1.82, 2.24) is 0 Å². The molecule has 0 saturated heterocycles. The Kier molecular flexibility index (Phi) is 72.9. The van der Waals surface area contributed by atoms with Gasteiger partial charge in [0.15, 0.2) is 12.2 Å². The fraction of sp³-hybridized carbons (Fsp3) is 0.694. The van der Waals surface area contributed by atoms with Crippen LogP contribution >= 0.6 is 15.6 Å². The number of phosphoric acid groups is 2. The number of rotatable bonds is 75. The zero-order chi connectivity index (χ0) is 76.0. The van der Waals surface area contributed by atoms with Crippen LogP contribution in [0.2, 0.25) is 0 Å². The van der Waals surface area contributed by atoms with Crippen LogP contribution in [-0.2, 0) is 65.4 Å². The van der Waals surface area contributed by atoms with Gasteiger partial charge in [0.1, 0.15) is 19.3 Å². The fourth-order valence-electron chi connectivity index (χ4n) is 10.4. The Morgan fingerprint density at radius 3 is 0.779 bits per heavy atom. The molecule has 0 heterocycles. The van der Waals surface area contributed by atoms with Crippen molar-refractivity contribution in [3.8, 4) is 0 Å². The van der Waals surface area contributed by atoms with Gasteiger partial charge in [0.25, 0.3) is 0 Å². The van der Waals surface area contributed by atoms with Gasteiger partial charge in [-0.2, -0.15) is 0 Å². The van der Waals surface area contributed by atoms with Crippen molar-refractivity contribution in [1.29, 1.82) is 0 Å². The van der Waals surface area contributed by atoms with E-state index in [4.69, 9.17) is 37.0 Å². The van der Waals surface area contributed by atoms with E-state index in [1.807, 2.05) is 18.2 Å². The molecular weight excluding hydrogens is 1350 g/mol. The molecule has 0 aliphatic rings. The molecule has 0 aliphatic heterocycles. The standard InChI is InChI=1S/C85H144O17P2/c1-5-9-13-17-21-25-29-33-37-38-39-40-44-48-52-56-60-64-68-72-85(90)102-81(76-96-83(88)70-66-62-58-54-50-46-42-35-31-27-23-19-15-11-7-3)78-100-104(93,94)98-74-79(86)73-97-103(91,92)99-77-80(101-84(89)71-67-63-59-55-51-47-43-36-32-28-24-20-16-12-8-4)75-95-82(87)69-65-61-57-53-49-45-41-34-30-26-22-18-14-10-6-2/h21-28,33-37,39-43,48,52,60,64,79-81,86H,5-20,29-32,38,44-47,49-51,53-59,61-63,65-78H2,1-4H3,(H,91,92)(H,93,94)/b25-21-,26-22-,27-23-,28-24-,37-33-,40-39-,41-34-,42-35-,43-36-,52-48-,64-60-/t79-,80+,81+/m0/s1. The van der Waals surface area contributed by atoms with Crippen LogP contribution in [0.1, 0.15) is 323 Å². The van der Waals surface area contributed by atoms with Crippen molar-refractivity contribution in [2.75, 3.05) is 39.6 Å². The third kappa shape index (κ3) is 75.4. The maximum Gasteiger partial charge on any atom is 0.472 e. The van der Waals surface area contributed by atoms with Gasteiger partial charge in [-0.1, -0.05) is 271 Å². The van der Waals surface area contributed by atoms with Crippen LogP contribution in [0.3, 0.4) is 0 Å². The first kappa shape index (κ1) is 99.2. The summed E-state index contributed by atoms with van der Waals surface area (Å²) >= 11 is 0. The Hall–Kier alpha value is -4.80. The van der Waals surface area contributed by atoms with Crippen LogP contribution in [0.4, 0.5) is 0 Å². The van der Waals surface area contributed by atoms with Crippen LogP contribution in [0.5, 0.6) is 0 Å². The highest BCUT2D eigenvalue weighted by atomic mass is 31.2. The lowest BCUT2D eigenvalue weighted by Crippen LogP contribution is -2.30. The lowest BCUT2D eigenvalue weighted by Gasteiger charge is -2.21. The number of carbonyl (C=O) groups is 4. The first-order valence-corrected chi connectivity index (χ1v) is 43.4. The molecule has 0 aromatic carbocycles. The topological polar surface area (TPSA) is 237 Å². The summed E-state index contributed by atoms with van der Waals surface area (Å²) < 4.78 is 68.5. The van der Waals surface area contributed by atoms with Crippen molar-refractivity contribution in [2.45, 2.75) is 341 Å². The van der Waals surface area contributed by atoms with Crippen LogP contribution in [0.15, 0.2) is 134 Å². The summed E-state index contributed by atoms with van der Waals surface area (Å²) in [6.07, 6.45) is 85.8. The first-order valence-electron chi connectivity index (χ1n) is 40.4. The number of hydrogen-bond donors (Lipinski definition) is 3. The summed E-state index contributed by atoms with van der Waals surface area (Å²) in [6.45, 7) is 4.65. The molecule has 0 spiro atoms. The minimum absolute atomic E-state index is 0.0348. The highest BCUT2D eigenvalue weighted by Gasteiger charge is 2.30. The predicted molar refractivity (Wildman–Crippen MR) is 427 cm³/mol. The predicted octanol–water partition coefficient (Wildman–Crippen LogP) is 23.7. The number of hydrogen-bond acceptors (Lipinski definition) is 15. The van der Waals surface area contributed by atoms with Gasteiger partial charge in [-0.25, -0.2) is 9.13 Å². The van der Waals surface area contributed by atoms with Gasteiger partial charge in [0.2, 0.25) is 0 Å². The molecule has 596 valence electrons. The Balaban J connectivity index is 5.47. The molecule has 0 fully saturated rings. The molecule has 0 aromatic heterocycles. The van der Waals surface area contributed by atoms with Gasteiger partial charge in [0.05, 0.1) is 26.4 Å². The van der Waals surface area contributed by atoms with Gasteiger partial charge < -0.3 is 33.8 Å². The molecular formula is C85H144O17P2. The van der Waals surface area contributed by atoms with E-state index in [1.54, 1.807) is 0 Å². The number of aliphatic hydroxyl groups is 1. The molecule has 104 heavy (non-hydrogen) atoms. The molecule has 0 amide bonds. The van der Waals surface area contributed by atoms with Crippen molar-refractivity contribution in [3.05, 3.63) is 134 Å². The molecule has 0 aliphatic carbocycles. The molecule has 0 aromatic rings. The van der Waals surface area contributed by atoms with E-state index in [0.717, 1.165) is 161 Å². The number of phosphoric ester groups is 2. The van der Waals surface area contributed by atoms with E-state index in [9.17, 15) is 43.2 Å². The van der Waals surface area contributed by atoms with Gasteiger partial charge in [-0.05, 0) is 161 Å². The van der Waals surface area contributed by atoms with Gasteiger partial charge >= 0.3 is 39.5 Å². The lowest BCUT2D eigenvalue weighted by atomic mass is 10.1. The van der Waals surface area contributed by atoms with Gasteiger partial charge in [-0.15, -0.1) is 0 Å². The van der Waals surface area contributed by atoms with Crippen LogP contribution < -0.4 is 0 Å². The molecule has 0 radical (unpaired) electrons. The van der Waals surface area contributed by atoms with E-state index in [1.165, 1.54) is 77.0 Å². The van der Waals surface area contributed by atoms with E-state index < -0.39 is 97.5 Å². The van der Waals surface area contributed by atoms with Crippen molar-refractivity contribution in [3.63, 3.8) is 0 Å². The molecule has 17 nitrogen and oxygen atoms in total. The van der Waals surface area contributed by atoms with E-state index in [0.29, 0.717) is 32.1 Å². The third-order valence-corrected chi connectivity index (χ3v) is 18.5. The number of ether oxygens (including phenoxy) is 4. The quantitative estimate of drug-likeness (QED) is 0.0169. The van der Waals surface area contributed by atoms with E-state index in [-0.39, 0.29) is 25.7 Å². The van der Waals surface area contributed by atoms with Crippen LogP contribution in [-0.4, -0.2) is 96.7 Å². The number of carbonyl (C=O) groups excluding carboxylic acids is 4. The summed E-state index contributed by atoms with van der Waals surface area (Å²) in [6, 6.07) is 0. The maximum absolute atomic E-state index is 13.1. The highest BCUT2D eigenvalue weighted by Crippen LogP contribution is 2.45. The summed E-state index contributed by atoms with van der Waals surface area (Å²) in [5.41, 5.74) is 0. The fourth-order valence-corrected chi connectivity index (χ4v) is 11.9. The Morgan fingerprint density at radius 2 is 0.490 bits per heavy atom. The molecule has 19 heteroatoms.